The van der Waals surface area contributed by atoms with Gasteiger partial charge in [-0.15, -0.1) is 0 Å². The Labute approximate surface area is 185 Å². The molecule has 2 rings (SSSR count). The molecule has 7 heteroatoms. The van der Waals surface area contributed by atoms with Gasteiger partial charge >= 0.3 is 0 Å². The number of para-hydroxylation sites is 1. The van der Waals surface area contributed by atoms with Crippen molar-refractivity contribution in [2.75, 3.05) is 18.5 Å². The lowest BCUT2D eigenvalue weighted by Gasteiger charge is -2.27. The van der Waals surface area contributed by atoms with Crippen LogP contribution in [0.4, 0.5) is 5.82 Å². The minimum absolute atomic E-state index is 0.0607. The van der Waals surface area contributed by atoms with E-state index in [1.54, 1.807) is 12.1 Å². The molecule has 1 N–H and O–H groups in total. The quantitative estimate of drug-likeness (QED) is 0.717. The smallest absolute Gasteiger partial charge is 0.261 e. The van der Waals surface area contributed by atoms with Crippen LogP contribution in [0.2, 0.25) is 0 Å². The van der Waals surface area contributed by atoms with Crippen LogP contribution in [0.15, 0.2) is 36.4 Å². The van der Waals surface area contributed by atoms with E-state index in [4.69, 9.17) is 9.84 Å². The number of amides is 2. The molecule has 0 aliphatic rings. The maximum absolute atomic E-state index is 12.9. The zero-order valence-corrected chi connectivity index (χ0v) is 20.0. The van der Waals surface area contributed by atoms with Crippen LogP contribution in [0.5, 0.6) is 5.75 Å². The first-order chi connectivity index (χ1) is 14.3. The number of rotatable bonds is 7. The Morgan fingerprint density at radius 3 is 2.23 bits per heavy atom. The zero-order chi connectivity index (χ0) is 23.4. The molecular weight excluding hydrogens is 392 g/mol. The van der Waals surface area contributed by atoms with Gasteiger partial charge in [-0.1, -0.05) is 39.0 Å². The summed E-state index contributed by atoms with van der Waals surface area (Å²) in [4.78, 5) is 27.1. The van der Waals surface area contributed by atoms with Gasteiger partial charge in [0.15, 0.2) is 6.61 Å². The van der Waals surface area contributed by atoms with Crippen LogP contribution in [0.3, 0.4) is 0 Å². The fourth-order valence-electron chi connectivity index (χ4n) is 2.99. The molecule has 1 aromatic carbocycles. The highest BCUT2D eigenvalue weighted by atomic mass is 16.5. The molecule has 7 nitrogen and oxygen atoms in total. The van der Waals surface area contributed by atoms with Crippen LogP contribution in [0.25, 0.3) is 0 Å². The molecule has 0 bridgehead atoms. The van der Waals surface area contributed by atoms with E-state index in [-0.39, 0.29) is 42.0 Å². The maximum Gasteiger partial charge on any atom is 0.261 e. The maximum atomic E-state index is 12.9. The molecule has 0 saturated carbocycles. The first-order valence-corrected chi connectivity index (χ1v) is 10.7. The summed E-state index contributed by atoms with van der Waals surface area (Å²) < 4.78 is 7.39. The molecule has 31 heavy (non-hydrogen) atoms. The van der Waals surface area contributed by atoms with Crippen LogP contribution in [0.1, 0.15) is 61.1 Å². The number of aromatic nitrogens is 2. The molecule has 2 aromatic rings. The summed E-state index contributed by atoms with van der Waals surface area (Å²) in [6.45, 7) is 15.9. The van der Waals surface area contributed by atoms with Crippen LogP contribution < -0.4 is 10.1 Å². The minimum atomic E-state index is -0.302. The largest absolute Gasteiger partial charge is 0.484 e. The Morgan fingerprint density at radius 2 is 1.71 bits per heavy atom. The van der Waals surface area contributed by atoms with Crippen LogP contribution in [0, 0.1) is 0 Å². The highest BCUT2D eigenvalue weighted by molar-refractivity contribution is 5.94. The molecule has 0 aliphatic carbocycles. The second-order valence-corrected chi connectivity index (χ2v) is 10.0. The van der Waals surface area contributed by atoms with Gasteiger partial charge in [-0.25, -0.2) is 4.68 Å². The number of nitrogens with zero attached hydrogens (tertiary/aromatic N) is 3. The van der Waals surface area contributed by atoms with Crippen molar-refractivity contribution in [3.05, 3.63) is 42.1 Å². The number of hydrogen-bond donors (Lipinski definition) is 1. The third-order valence-electron chi connectivity index (χ3n) is 4.74. The van der Waals surface area contributed by atoms with E-state index in [1.807, 2.05) is 63.6 Å². The van der Waals surface area contributed by atoms with Crippen molar-refractivity contribution in [3.8, 4) is 5.75 Å². The Kier molecular flexibility index (Phi) is 7.52. The van der Waals surface area contributed by atoms with Crippen molar-refractivity contribution >= 4 is 17.6 Å². The molecule has 1 heterocycles. The summed E-state index contributed by atoms with van der Waals surface area (Å²) in [6, 6.07) is 10.9. The molecule has 0 radical (unpaired) electrons. The molecule has 2 amide bonds. The van der Waals surface area contributed by atoms with Gasteiger partial charge in [0.25, 0.3) is 5.91 Å². The van der Waals surface area contributed by atoms with Gasteiger partial charge < -0.3 is 15.0 Å². The van der Waals surface area contributed by atoms with E-state index in [2.05, 4.69) is 26.1 Å². The van der Waals surface area contributed by atoms with E-state index < -0.39 is 0 Å². The third-order valence-corrected chi connectivity index (χ3v) is 4.74. The number of benzene rings is 1. The Morgan fingerprint density at radius 1 is 1.10 bits per heavy atom. The molecule has 0 spiro atoms. The monoisotopic (exact) mass is 428 g/mol. The molecule has 170 valence electrons. The number of anilines is 1. The van der Waals surface area contributed by atoms with Crippen LogP contribution in [-0.4, -0.2) is 45.7 Å². The predicted octanol–water partition coefficient (Wildman–Crippen LogP) is 4.19. The number of carbonyl (C=O) groups is 2. The fourth-order valence-corrected chi connectivity index (χ4v) is 2.99. The summed E-state index contributed by atoms with van der Waals surface area (Å²) in [5, 5.41) is 7.67. The summed E-state index contributed by atoms with van der Waals surface area (Å²) in [5.74, 6) is 0.730. The van der Waals surface area contributed by atoms with Gasteiger partial charge in [0.1, 0.15) is 18.1 Å². The number of hydrogen-bond acceptors (Lipinski definition) is 4. The molecule has 0 fully saturated rings. The van der Waals surface area contributed by atoms with Crippen molar-refractivity contribution < 1.29 is 14.3 Å². The molecule has 0 unspecified atom stereocenters. The van der Waals surface area contributed by atoms with Crippen LogP contribution in [-0.2, 0) is 20.5 Å². The average molecular weight is 429 g/mol. The van der Waals surface area contributed by atoms with Crippen LogP contribution >= 0.6 is 0 Å². The molecule has 1 aromatic heterocycles. The second-order valence-electron chi connectivity index (χ2n) is 10.0. The first-order valence-electron chi connectivity index (χ1n) is 10.7. The standard InChI is InChI=1S/C24H36N4O3/c1-17(2)27(22(30)16-31-18-12-10-9-11-13-18)15-21(29)25-20-14-19(23(3,4)5)26-28(20)24(6,7)8/h9-14,17H,15-16H2,1-8H3,(H,25,29). The molecular formula is C24H36N4O3. The summed E-state index contributed by atoms with van der Waals surface area (Å²) in [7, 11) is 0. The van der Waals surface area contributed by atoms with E-state index in [1.165, 1.54) is 4.90 Å². The second kappa shape index (κ2) is 9.54. The molecule has 0 saturated heterocycles. The highest BCUT2D eigenvalue weighted by Crippen LogP contribution is 2.28. The summed E-state index contributed by atoms with van der Waals surface area (Å²) >= 11 is 0. The lowest BCUT2D eigenvalue weighted by atomic mass is 9.92. The van der Waals surface area contributed by atoms with Crippen molar-refractivity contribution in [1.82, 2.24) is 14.7 Å². The van der Waals surface area contributed by atoms with Gasteiger partial charge in [0.05, 0.1) is 11.2 Å². The highest BCUT2D eigenvalue weighted by Gasteiger charge is 2.27. The van der Waals surface area contributed by atoms with Gasteiger partial charge in [0, 0.05) is 17.5 Å². The van der Waals surface area contributed by atoms with E-state index >= 15 is 0 Å². The zero-order valence-electron chi connectivity index (χ0n) is 20.0. The SMILES string of the molecule is CC(C)N(CC(=O)Nc1cc(C(C)(C)C)nn1C(C)(C)C)C(=O)COc1ccccc1. The Bertz CT molecular complexity index is 890. The van der Waals surface area contributed by atoms with Crippen molar-refractivity contribution in [1.29, 1.82) is 0 Å². The Hall–Kier alpha value is -2.83. The third kappa shape index (κ3) is 6.84. The van der Waals surface area contributed by atoms with E-state index in [0.29, 0.717) is 11.6 Å². The van der Waals surface area contributed by atoms with E-state index in [9.17, 15) is 9.59 Å². The van der Waals surface area contributed by atoms with E-state index in [0.717, 1.165) is 5.69 Å². The van der Waals surface area contributed by atoms with Gasteiger partial charge in [-0.3, -0.25) is 9.59 Å². The lowest BCUT2D eigenvalue weighted by Crippen LogP contribution is -2.44. The topological polar surface area (TPSA) is 76.5 Å². The van der Waals surface area contributed by atoms with Gasteiger partial charge in [-0.2, -0.15) is 5.10 Å². The lowest BCUT2D eigenvalue weighted by molar-refractivity contribution is -0.138. The molecule has 0 aliphatic heterocycles. The van der Waals surface area contributed by atoms with Gasteiger partial charge in [0.2, 0.25) is 5.91 Å². The average Bonchev–Trinajstić information content (AvgIpc) is 3.09. The normalized spacial score (nSPS) is 12.0. The first kappa shape index (κ1) is 24.4. The minimum Gasteiger partial charge on any atom is -0.484 e. The number of nitrogens with one attached hydrogen (secondary N) is 1. The molecule has 0 atom stereocenters. The van der Waals surface area contributed by atoms with Crippen molar-refractivity contribution in [2.45, 2.75) is 72.4 Å². The number of ether oxygens (including phenoxy) is 1. The summed E-state index contributed by atoms with van der Waals surface area (Å²) in [5.41, 5.74) is 0.444. The van der Waals surface area contributed by atoms with Crippen molar-refractivity contribution in [3.63, 3.8) is 0 Å². The summed E-state index contributed by atoms with van der Waals surface area (Å²) in [6.07, 6.45) is 0. The van der Waals surface area contributed by atoms with Crippen molar-refractivity contribution in [2.24, 2.45) is 0 Å². The number of carbonyl (C=O) groups excluding carboxylic acids is 2. The van der Waals surface area contributed by atoms with Gasteiger partial charge in [-0.05, 0) is 46.8 Å². The predicted molar refractivity (Wildman–Crippen MR) is 123 cm³/mol. The fraction of sp³-hybridized carbons (Fsp3) is 0.542. The Balaban J connectivity index is 2.11.